The third-order valence-electron chi connectivity index (χ3n) is 3.68. The number of para-hydroxylation sites is 2. The lowest BCUT2D eigenvalue weighted by atomic mass is 10.3. The van der Waals surface area contributed by atoms with E-state index in [2.05, 4.69) is 9.80 Å². The monoisotopic (exact) mass is 312 g/mol. The fraction of sp³-hybridized carbons (Fsp3) is 0.625. The quantitative estimate of drug-likeness (QED) is 0.688. The molecule has 1 aromatic carbocycles. The zero-order valence-corrected chi connectivity index (χ0v) is 13.5. The maximum atomic E-state index is 5.87. The second-order valence-electron chi connectivity index (χ2n) is 5.10. The molecule has 118 valence electrons. The van der Waals surface area contributed by atoms with Crippen molar-refractivity contribution in [3.05, 3.63) is 24.3 Å². The van der Waals surface area contributed by atoms with E-state index in [0.717, 1.165) is 56.6 Å². The highest BCUT2D eigenvalue weighted by Crippen LogP contribution is 2.26. The van der Waals surface area contributed by atoms with Crippen LogP contribution >= 0.6 is 11.6 Å². The molecule has 0 bridgehead atoms. The third-order valence-corrected chi connectivity index (χ3v) is 3.85. The van der Waals surface area contributed by atoms with Crippen LogP contribution in [0.4, 0.5) is 0 Å². The number of halogens is 1. The second-order valence-corrected chi connectivity index (χ2v) is 5.48. The molecule has 21 heavy (non-hydrogen) atoms. The lowest BCUT2D eigenvalue weighted by molar-refractivity contribution is 0.120. The minimum absolute atomic E-state index is 0.656. The average Bonchev–Trinajstić information content (AvgIpc) is 2.51. The van der Waals surface area contributed by atoms with Crippen LogP contribution in [0.1, 0.15) is 6.92 Å². The number of hydrogen-bond donors (Lipinski definition) is 0. The summed E-state index contributed by atoms with van der Waals surface area (Å²) in [5.74, 6) is 2.38. The Balaban J connectivity index is 1.70. The van der Waals surface area contributed by atoms with Crippen LogP contribution in [-0.4, -0.2) is 68.2 Å². The number of alkyl halides is 1. The van der Waals surface area contributed by atoms with Crippen LogP contribution in [0.15, 0.2) is 24.3 Å². The summed E-state index contributed by atoms with van der Waals surface area (Å²) >= 11 is 5.78. The topological polar surface area (TPSA) is 24.9 Å². The Bertz CT molecular complexity index is 409. The van der Waals surface area contributed by atoms with Crippen LogP contribution < -0.4 is 9.47 Å². The summed E-state index contributed by atoms with van der Waals surface area (Å²) in [5, 5.41) is 0. The van der Waals surface area contributed by atoms with Gasteiger partial charge in [0.1, 0.15) is 6.61 Å². The third kappa shape index (κ3) is 5.38. The first-order valence-corrected chi connectivity index (χ1v) is 8.22. The minimum Gasteiger partial charge on any atom is -0.490 e. The first kappa shape index (κ1) is 16.4. The predicted octanol–water partition coefficient (Wildman–Crippen LogP) is 2.32. The van der Waals surface area contributed by atoms with Crippen molar-refractivity contribution in [2.45, 2.75) is 6.92 Å². The first-order valence-electron chi connectivity index (χ1n) is 7.68. The van der Waals surface area contributed by atoms with Gasteiger partial charge in [-0.3, -0.25) is 9.80 Å². The maximum absolute atomic E-state index is 5.87. The molecular weight excluding hydrogens is 288 g/mol. The molecule has 0 unspecified atom stereocenters. The highest BCUT2D eigenvalue weighted by Gasteiger charge is 2.16. The summed E-state index contributed by atoms with van der Waals surface area (Å²) in [7, 11) is 0. The predicted molar refractivity (Wildman–Crippen MR) is 86.7 cm³/mol. The number of rotatable bonds is 8. The standard InChI is InChI=1S/C16H25ClN2O2/c1-2-20-15-5-3-4-6-16(15)21-14-13-19-11-9-18(8-7-17)10-12-19/h3-6H,2,7-14H2,1H3. The molecule has 0 N–H and O–H groups in total. The summed E-state index contributed by atoms with van der Waals surface area (Å²) in [5.41, 5.74) is 0. The van der Waals surface area contributed by atoms with E-state index < -0.39 is 0 Å². The Morgan fingerprint density at radius 3 is 2.10 bits per heavy atom. The van der Waals surface area contributed by atoms with Crippen LogP contribution in [-0.2, 0) is 0 Å². The van der Waals surface area contributed by atoms with Crippen molar-refractivity contribution in [3.63, 3.8) is 0 Å². The van der Waals surface area contributed by atoms with E-state index in [1.54, 1.807) is 0 Å². The molecule has 0 amide bonds. The van der Waals surface area contributed by atoms with Crippen molar-refractivity contribution in [2.24, 2.45) is 0 Å². The van der Waals surface area contributed by atoms with Crippen molar-refractivity contribution >= 4 is 11.6 Å². The van der Waals surface area contributed by atoms with E-state index in [9.17, 15) is 0 Å². The van der Waals surface area contributed by atoms with Crippen molar-refractivity contribution in [1.82, 2.24) is 9.80 Å². The van der Waals surface area contributed by atoms with Crippen LogP contribution in [0.25, 0.3) is 0 Å². The first-order chi connectivity index (χ1) is 10.3. The van der Waals surface area contributed by atoms with Gasteiger partial charge in [0.15, 0.2) is 11.5 Å². The number of benzene rings is 1. The Morgan fingerprint density at radius 1 is 0.952 bits per heavy atom. The van der Waals surface area contributed by atoms with E-state index >= 15 is 0 Å². The summed E-state index contributed by atoms with van der Waals surface area (Å²) in [6.07, 6.45) is 0. The molecule has 5 heteroatoms. The van der Waals surface area contributed by atoms with Gasteiger partial charge in [-0.15, -0.1) is 11.6 Å². The second kappa shape index (κ2) is 9.13. The van der Waals surface area contributed by atoms with Crippen molar-refractivity contribution in [3.8, 4) is 11.5 Å². The largest absolute Gasteiger partial charge is 0.490 e. The Morgan fingerprint density at radius 2 is 1.52 bits per heavy atom. The molecule has 1 saturated heterocycles. The van der Waals surface area contributed by atoms with Gasteiger partial charge >= 0.3 is 0 Å². The van der Waals surface area contributed by atoms with Crippen LogP contribution in [0.5, 0.6) is 11.5 Å². The number of ether oxygens (including phenoxy) is 2. The Hall–Kier alpha value is -0.970. The van der Waals surface area contributed by atoms with Gasteiger partial charge in [0.05, 0.1) is 6.61 Å². The molecule has 0 saturated carbocycles. The molecule has 2 rings (SSSR count). The fourth-order valence-corrected chi connectivity index (χ4v) is 2.72. The van der Waals surface area contributed by atoms with Crippen molar-refractivity contribution in [2.75, 3.05) is 58.4 Å². The molecule has 4 nitrogen and oxygen atoms in total. The molecule has 0 spiro atoms. The Labute approximate surface area is 132 Å². The molecule has 0 atom stereocenters. The number of nitrogens with zero attached hydrogens (tertiary/aromatic N) is 2. The zero-order chi connectivity index (χ0) is 14.9. The van der Waals surface area contributed by atoms with Gasteiger partial charge in [-0.05, 0) is 19.1 Å². The van der Waals surface area contributed by atoms with E-state index in [0.29, 0.717) is 13.2 Å². The highest BCUT2D eigenvalue weighted by atomic mass is 35.5. The van der Waals surface area contributed by atoms with Gasteiger partial charge in [0, 0.05) is 45.1 Å². The lowest BCUT2D eigenvalue weighted by Crippen LogP contribution is -2.47. The fourth-order valence-electron chi connectivity index (χ4n) is 2.48. The van der Waals surface area contributed by atoms with Gasteiger partial charge in [-0.25, -0.2) is 0 Å². The van der Waals surface area contributed by atoms with Crippen LogP contribution in [0.3, 0.4) is 0 Å². The zero-order valence-electron chi connectivity index (χ0n) is 12.8. The summed E-state index contributed by atoms with van der Waals surface area (Å²) < 4.78 is 11.4. The van der Waals surface area contributed by atoms with Gasteiger partial charge < -0.3 is 9.47 Å². The molecule has 1 heterocycles. The maximum Gasteiger partial charge on any atom is 0.161 e. The molecule has 1 fully saturated rings. The molecule has 1 aromatic rings. The van der Waals surface area contributed by atoms with Crippen LogP contribution in [0, 0.1) is 0 Å². The Kier molecular flexibility index (Phi) is 7.13. The van der Waals surface area contributed by atoms with Gasteiger partial charge in [-0.1, -0.05) is 12.1 Å². The average molecular weight is 313 g/mol. The number of hydrogen-bond acceptors (Lipinski definition) is 4. The molecule has 1 aliphatic heterocycles. The van der Waals surface area contributed by atoms with E-state index in [1.807, 2.05) is 31.2 Å². The molecule has 0 aromatic heterocycles. The molecular formula is C16H25ClN2O2. The van der Waals surface area contributed by atoms with E-state index in [1.165, 1.54) is 0 Å². The van der Waals surface area contributed by atoms with Gasteiger partial charge in [0.25, 0.3) is 0 Å². The normalized spacial score (nSPS) is 16.9. The summed E-state index contributed by atoms with van der Waals surface area (Å²) in [6, 6.07) is 7.85. The number of piperazine rings is 1. The molecule has 1 aliphatic rings. The van der Waals surface area contributed by atoms with Crippen molar-refractivity contribution in [1.29, 1.82) is 0 Å². The molecule has 0 radical (unpaired) electrons. The summed E-state index contributed by atoms with van der Waals surface area (Å²) in [6.45, 7) is 9.66. The minimum atomic E-state index is 0.656. The molecule has 0 aliphatic carbocycles. The lowest BCUT2D eigenvalue weighted by Gasteiger charge is -2.34. The SMILES string of the molecule is CCOc1ccccc1OCCN1CCN(CCCl)CC1. The van der Waals surface area contributed by atoms with Crippen molar-refractivity contribution < 1.29 is 9.47 Å². The van der Waals surface area contributed by atoms with Crippen LogP contribution in [0.2, 0.25) is 0 Å². The van der Waals surface area contributed by atoms with Gasteiger partial charge in [0.2, 0.25) is 0 Å². The van der Waals surface area contributed by atoms with E-state index in [-0.39, 0.29) is 0 Å². The summed E-state index contributed by atoms with van der Waals surface area (Å²) in [4.78, 5) is 4.85. The highest BCUT2D eigenvalue weighted by molar-refractivity contribution is 6.18. The van der Waals surface area contributed by atoms with E-state index in [4.69, 9.17) is 21.1 Å². The van der Waals surface area contributed by atoms with Gasteiger partial charge in [-0.2, -0.15) is 0 Å². The smallest absolute Gasteiger partial charge is 0.161 e.